The Bertz CT molecular complexity index is 894. The number of benzene rings is 2. The molecule has 1 amide bonds. The molecule has 0 aromatic heterocycles. The third-order valence-corrected chi connectivity index (χ3v) is 6.70. The lowest BCUT2D eigenvalue weighted by Crippen LogP contribution is -2.62. The van der Waals surface area contributed by atoms with Gasteiger partial charge >= 0.3 is 0 Å². The second-order valence-corrected chi connectivity index (χ2v) is 8.93. The molecule has 2 aliphatic heterocycles. The van der Waals surface area contributed by atoms with Crippen molar-refractivity contribution in [3.05, 3.63) is 60.2 Å². The maximum Gasteiger partial charge on any atom is 0.246 e. The molecule has 2 aromatic carbocycles. The maximum atomic E-state index is 12.9. The second kappa shape index (κ2) is 5.88. The van der Waals surface area contributed by atoms with Gasteiger partial charge in [-0.2, -0.15) is 0 Å². The number of amides is 1. The second-order valence-electron chi connectivity index (χ2n) is 6.77. The van der Waals surface area contributed by atoms with E-state index in [2.05, 4.69) is 0 Å². The molecule has 25 heavy (non-hydrogen) atoms. The number of piperazine rings is 1. The normalized spacial score (nSPS) is 25.1. The average Bonchev–Trinajstić information content (AvgIpc) is 2.90. The molecule has 5 nitrogen and oxygen atoms in total. The van der Waals surface area contributed by atoms with Crippen molar-refractivity contribution in [2.24, 2.45) is 0 Å². The first-order valence-corrected chi connectivity index (χ1v) is 10.2. The van der Waals surface area contributed by atoms with Gasteiger partial charge in [0.15, 0.2) is 9.84 Å². The molecular weight excluding hydrogens is 336 g/mol. The molecule has 2 atom stereocenters. The number of anilines is 2. The number of fused-ring (bicyclic) bond motifs is 1. The van der Waals surface area contributed by atoms with Gasteiger partial charge in [0.05, 0.1) is 30.1 Å². The summed E-state index contributed by atoms with van der Waals surface area (Å²) in [6.45, 7) is 2.19. The Labute approximate surface area is 147 Å². The summed E-state index contributed by atoms with van der Waals surface area (Å²) in [4.78, 5) is 16.5. The van der Waals surface area contributed by atoms with Crippen LogP contribution in [0.3, 0.4) is 0 Å². The number of carbonyl (C=O) groups excluding carboxylic acids is 1. The molecule has 0 saturated carbocycles. The van der Waals surface area contributed by atoms with E-state index >= 15 is 0 Å². The summed E-state index contributed by atoms with van der Waals surface area (Å²) in [5.74, 6) is 0.0353. The van der Waals surface area contributed by atoms with E-state index in [9.17, 15) is 13.2 Å². The van der Waals surface area contributed by atoms with Gasteiger partial charge in [-0.3, -0.25) is 4.79 Å². The molecule has 2 saturated heterocycles. The van der Waals surface area contributed by atoms with Crippen LogP contribution in [-0.2, 0) is 14.6 Å². The molecule has 2 aliphatic rings. The highest BCUT2D eigenvalue weighted by Gasteiger charge is 2.49. The SMILES string of the molecule is Cc1ccc(N2CC(=O)N(c3ccccc3)[C@@H]3CS(=O)(=O)C[C@@H]32)cc1. The highest BCUT2D eigenvalue weighted by atomic mass is 32.2. The molecule has 2 heterocycles. The quantitative estimate of drug-likeness (QED) is 0.826. The first kappa shape index (κ1) is 16.1. The Hall–Kier alpha value is -2.34. The van der Waals surface area contributed by atoms with Crippen molar-refractivity contribution in [2.75, 3.05) is 27.9 Å². The fourth-order valence-corrected chi connectivity index (χ4v) is 5.77. The zero-order valence-electron chi connectivity index (χ0n) is 14.0. The van der Waals surface area contributed by atoms with Gasteiger partial charge in [0, 0.05) is 11.4 Å². The van der Waals surface area contributed by atoms with Crippen LogP contribution in [0, 0.1) is 6.92 Å². The number of para-hydroxylation sites is 1. The molecule has 0 bridgehead atoms. The largest absolute Gasteiger partial charge is 0.356 e. The van der Waals surface area contributed by atoms with E-state index in [1.54, 1.807) is 4.90 Å². The van der Waals surface area contributed by atoms with Crippen molar-refractivity contribution in [1.82, 2.24) is 0 Å². The van der Waals surface area contributed by atoms with Crippen molar-refractivity contribution in [1.29, 1.82) is 0 Å². The van der Waals surface area contributed by atoms with Crippen LogP contribution in [0.5, 0.6) is 0 Å². The van der Waals surface area contributed by atoms with Gasteiger partial charge in [-0.05, 0) is 31.2 Å². The van der Waals surface area contributed by atoms with Crippen LogP contribution in [-0.4, -0.2) is 44.5 Å². The summed E-state index contributed by atoms with van der Waals surface area (Å²) in [6, 6.07) is 16.7. The van der Waals surface area contributed by atoms with Gasteiger partial charge < -0.3 is 9.80 Å². The summed E-state index contributed by atoms with van der Waals surface area (Å²) < 4.78 is 24.7. The molecule has 0 unspecified atom stereocenters. The highest BCUT2D eigenvalue weighted by Crippen LogP contribution is 2.34. The molecule has 0 N–H and O–H groups in total. The van der Waals surface area contributed by atoms with Crippen molar-refractivity contribution in [2.45, 2.75) is 19.0 Å². The maximum absolute atomic E-state index is 12.9. The van der Waals surface area contributed by atoms with Crippen LogP contribution in [0.25, 0.3) is 0 Å². The van der Waals surface area contributed by atoms with Crippen LogP contribution in [0.15, 0.2) is 54.6 Å². The predicted octanol–water partition coefficient (Wildman–Crippen LogP) is 2.01. The van der Waals surface area contributed by atoms with Crippen LogP contribution in [0.1, 0.15) is 5.56 Å². The lowest BCUT2D eigenvalue weighted by molar-refractivity contribution is -0.118. The third kappa shape index (κ3) is 2.91. The van der Waals surface area contributed by atoms with Crippen molar-refractivity contribution >= 4 is 27.1 Å². The summed E-state index contributed by atoms with van der Waals surface area (Å²) in [6.07, 6.45) is 0. The Morgan fingerprint density at radius 3 is 2.20 bits per heavy atom. The van der Waals surface area contributed by atoms with Crippen LogP contribution in [0.4, 0.5) is 11.4 Å². The topological polar surface area (TPSA) is 57.7 Å². The number of hydrogen-bond donors (Lipinski definition) is 0. The fourth-order valence-electron chi connectivity index (χ4n) is 3.82. The minimum Gasteiger partial charge on any atom is -0.356 e. The van der Waals surface area contributed by atoms with Crippen molar-refractivity contribution in [3.63, 3.8) is 0 Å². The molecule has 4 rings (SSSR count). The van der Waals surface area contributed by atoms with E-state index in [-0.39, 0.29) is 36.0 Å². The van der Waals surface area contributed by atoms with E-state index in [1.165, 1.54) is 0 Å². The fraction of sp³-hybridized carbons (Fsp3) is 0.316. The minimum atomic E-state index is -3.18. The molecule has 0 spiro atoms. The van der Waals surface area contributed by atoms with Gasteiger partial charge in [-0.25, -0.2) is 8.42 Å². The lowest BCUT2D eigenvalue weighted by atomic mass is 10.0. The van der Waals surface area contributed by atoms with E-state index in [0.29, 0.717) is 0 Å². The van der Waals surface area contributed by atoms with E-state index in [0.717, 1.165) is 16.9 Å². The van der Waals surface area contributed by atoms with Gasteiger partial charge in [0.2, 0.25) is 5.91 Å². The summed E-state index contributed by atoms with van der Waals surface area (Å²) in [5.41, 5.74) is 2.80. The monoisotopic (exact) mass is 356 g/mol. The standard InChI is InChI=1S/C19H20N2O3S/c1-14-7-9-15(10-8-14)20-11-19(22)21(16-5-3-2-4-6-16)18-13-25(23,24)12-17(18)20/h2-10,17-18H,11-13H2,1H3/t17-,18+/m0/s1. The van der Waals surface area contributed by atoms with Crippen molar-refractivity contribution in [3.8, 4) is 0 Å². The van der Waals surface area contributed by atoms with E-state index < -0.39 is 9.84 Å². The number of aryl methyl sites for hydroxylation is 1. The van der Waals surface area contributed by atoms with Crippen LogP contribution >= 0.6 is 0 Å². The predicted molar refractivity (Wildman–Crippen MR) is 98.7 cm³/mol. The first-order chi connectivity index (χ1) is 11.9. The minimum absolute atomic E-state index is 0.0145. The van der Waals surface area contributed by atoms with Gasteiger partial charge in [-0.15, -0.1) is 0 Å². The number of carbonyl (C=O) groups is 1. The summed E-state index contributed by atoms with van der Waals surface area (Å²) in [5, 5.41) is 0. The van der Waals surface area contributed by atoms with Crippen LogP contribution in [0.2, 0.25) is 0 Å². The van der Waals surface area contributed by atoms with Crippen LogP contribution < -0.4 is 9.80 Å². The van der Waals surface area contributed by atoms with Crippen molar-refractivity contribution < 1.29 is 13.2 Å². The Morgan fingerprint density at radius 1 is 0.880 bits per heavy atom. The molecule has 2 fully saturated rings. The lowest BCUT2D eigenvalue weighted by Gasteiger charge is -2.44. The van der Waals surface area contributed by atoms with Gasteiger partial charge in [-0.1, -0.05) is 35.9 Å². The average molecular weight is 356 g/mol. The highest BCUT2D eigenvalue weighted by molar-refractivity contribution is 7.91. The zero-order chi connectivity index (χ0) is 17.6. The van der Waals surface area contributed by atoms with Gasteiger partial charge in [0.25, 0.3) is 0 Å². The summed E-state index contributed by atoms with van der Waals surface area (Å²) in [7, 11) is -3.18. The zero-order valence-corrected chi connectivity index (χ0v) is 14.8. The Morgan fingerprint density at radius 2 is 1.52 bits per heavy atom. The number of rotatable bonds is 2. The van der Waals surface area contributed by atoms with Gasteiger partial charge in [0.1, 0.15) is 0 Å². The molecule has 2 aromatic rings. The molecule has 6 heteroatoms. The molecule has 0 radical (unpaired) electrons. The Balaban J connectivity index is 1.75. The first-order valence-electron chi connectivity index (χ1n) is 8.35. The molecular formula is C19H20N2O3S. The van der Waals surface area contributed by atoms with E-state index in [4.69, 9.17) is 0 Å². The Kier molecular flexibility index (Phi) is 3.80. The number of nitrogens with zero attached hydrogens (tertiary/aromatic N) is 2. The number of hydrogen-bond acceptors (Lipinski definition) is 4. The smallest absolute Gasteiger partial charge is 0.246 e. The summed E-state index contributed by atoms with van der Waals surface area (Å²) >= 11 is 0. The third-order valence-electron chi connectivity index (χ3n) is 5.00. The molecule has 130 valence electrons. The van der Waals surface area contributed by atoms with E-state index in [1.807, 2.05) is 66.4 Å². The number of sulfone groups is 1. The molecule has 0 aliphatic carbocycles.